The molecule has 2 aromatic rings. The number of amides is 1. The molecule has 3 N–H and O–H groups in total. The van der Waals surface area contributed by atoms with Crippen molar-refractivity contribution in [3.05, 3.63) is 58.1 Å². The summed E-state index contributed by atoms with van der Waals surface area (Å²) in [5.74, 6) is -0.299. The number of anilines is 2. The molecule has 0 aromatic heterocycles. The van der Waals surface area contributed by atoms with Crippen molar-refractivity contribution in [3.8, 4) is 0 Å². The van der Waals surface area contributed by atoms with Crippen LogP contribution in [0, 0.1) is 0 Å². The van der Waals surface area contributed by atoms with Gasteiger partial charge in [0.15, 0.2) is 0 Å². The predicted molar refractivity (Wildman–Crippen MR) is 126 cm³/mol. The molecule has 0 aliphatic carbocycles. The van der Waals surface area contributed by atoms with Gasteiger partial charge in [0, 0.05) is 12.2 Å². The quantitative estimate of drug-likeness (QED) is 0.229. The molecule has 1 amide bonds. The maximum absolute atomic E-state index is 12.3. The maximum Gasteiger partial charge on any atom is 0.310 e. The van der Waals surface area contributed by atoms with Gasteiger partial charge in [-0.15, -0.1) is 0 Å². The van der Waals surface area contributed by atoms with E-state index in [1.807, 2.05) is 24.3 Å². The minimum absolute atomic E-state index is 0.0180. The highest BCUT2D eigenvalue weighted by molar-refractivity contribution is 6.39. The van der Waals surface area contributed by atoms with Gasteiger partial charge in [0.2, 0.25) is 5.91 Å². The number of hydrogen-bond acceptors (Lipinski definition) is 5. The topological polar surface area (TPSA) is 79.5 Å². The summed E-state index contributed by atoms with van der Waals surface area (Å²) in [5.41, 5.74) is 2.17. The van der Waals surface area contributed by atoms with Crippen molar-refractivity contribution in [2.45, 2.75) is 32.1 Å². The first kappa shape index (κ1) is 25.5. The molecule has 0 saturated carbocycles. The monoisotopic (exact) mass is 477 g/mol. The number of esters is 1. The van der Waals surface area contributed by atoms with Crippen LogP contribution in [0.15, 0.2) is 42.5 Å². The highest BCUT2D eigenvalue weighted by atomic mass is 35.5. The molecule has 31 heavy (non-hydrogen) atoms. The summed E-state index contributed by atoms with van der Waals surface area (Å²) in [6.45, 7) is 1.34. The zero-order chi connectivity index (χ0) is 22.5. The van der Waals surface area contributed by atoms with Gasteiger partial charge in [0.25, 0.3) is 16.5 Å². The summed E-state index contributed by atoms with van der Waals surface area (Å²) in [6, 6.07) is 12.8. The predicted octanol–water partition coefficient (Wildman–Crippen LogP) is 4.17. The minimum atomic E-state index is -0.281. The number of unbranched alkanes of at least 4 members (excludes halogenated alkanes) is 3. The Morgan fingerprint density at radius 1 is 0.935 bits per heavy atom. The average molecular weight is 478 g/mol. The largest absolute Gasteiger partial charge is 0.465 e. The van der Waals surface area contributed by atoms with E-state index in [1.54, 1.807) is 18.2 Å². The first-order valence-corrected chi connectivity index (χ1v) is 11.5. The van der Waals surface area contributed by atoms with Crippen LogP contribution in [0.2, 0.25) is 10.0 Å². The number of para-hydroxylation sites is 2. The number of carbonyl (C=O) groups excluding carboxylic acids is 2. The number of rotatable bonds is 13. The molecule has 2 rings (SSSR count). The molecule has 0 saturated heterocycles. The maximum atomic E-state index is 12.3. The Bertz CT molecular complexity index is 847. The Morgan fingerprint density at radius 3 is 2.39 bits per heavy atom. The van der Waals surface area contributed by atoms with E-state index in [9.17, 15) is 9.59 Å². The van der Waals surface area contributed by atoms with E-state index in [2.05, 4.69) is 31.4 Å². The van der Waals surface area contributed by atoms with Gasteiger partial charge in [-0.05, 0) is 43.0 Å². The Morgan fingerprint density at radius 2 is 1.65 bits per heavy atom. The molecule has 0 heterocycles. The van der Waals surface area contributed by atoms with Crippen LogP contribution in [0.4, 0.5) is 11.4 Å². The van der Waals surface area contributed by atoms with Gasteiger partial charge in [-0.3, -0.25) is 9.59 Å². The fourth-order valence-corrected chi connectivity index (χ4v) is 3.58. The molecule has 2 radical (unpaired) electrons. The van der Waals surface area contributed by atoms with Crippen molar-refractivity contribution in [1.82, 2.24) is 9.62 Å². The fraction of sp³-hybridized carbons (Fsp3) is 0.364. The molecule has 0 aliphatic rings. The number of nitrogens with one attached hydrogen (secondary N) is 3. The van der Waals surface area contributed by atoms with Crippen LogP contribution in [0.25, 0.3) is 0 Å². The molecule has 0 bridgehead atoms. The van der Waals surface area contributed by atoms with Gasteiger partial charge < -0.3 is 19.7 Å². The van der Waals surface area contributed by atoms with Crippen LogP contribution >= 0.6 is 23.2 Å². The number of benzene rings is 2. The van der Waals surface area contributed by atoms with E-state index in [0.29, 0.717) is 35.4 Å². The van der Waals surface area contributed by atoms with Crippen LogP contribution in [-0.4, -0.2) is 48.1 Å². The third kappa shape index (κ3) is 9.51. The van der Waals surface area contributed by atoms with Crippen LogP contribution in [0.5, 0.6) is 0 Å². The zero-order valence-corrected chi connectivity index (χ0v) is 19.9. The lowest BCUT2D eigenvalue weighted by Crippen LogP contribution is -2.33. The molecule has 0 spiro atoms. The van der Waals surface area contributed by atoms with Gasteiger partial charge in [-0.1, -0.05) is 53.9 Å². The number of hydrogen-bond donors (Lipinski definition) is 3. The van der Waals surface area contributed by atoms with Crippen LogP contribution < -0.4 is 14.9 Å². The lowest BCUT2D eigenvalue weighted by Gasteiger charge is -2.14. The Hall–Kier alpha value is -1.75. The molecule has 164 valence electrons. The average Bonchev–Trinajstić information content (AvgIpc) is 2.74. The number of ether oxygens (including phenoxy) is 1. The van der Waals surface area contributed by atoms with Gasteiger partial charge in [-0.2, -0.15) is 0 Å². The van der Waals surface area contributed by atoms with Crippen LogP contribution in [0.1, 0.15) is 31.2 Å². The second-order valence-electron chi connectivity index (χ2n) is 6.92. The van der Waals surface area contributed by atoms with Gasteiger partial charge in [0.05, 0.1) is 35.3 Å². The second-order valence-corrected chi connectivity index (χ2v) is 8.14. The molecule has 6 nitrogen and oxygen atoms in total. The SMILES string of the molecule is O=C(C[NH][Al])NCCCCCCOC(=O)Cc1ccccc1Nc1c(Cl)cccc1Cl. The molecular weight excluding hydrogens is 452 g/mol. The van der Waals surface area contributed by atoms with Crippen LogP contribution in [-0.2, 0) is 20.7 Å². The van der Waals surface area contributed by atoms with Gasteiger partial charge in [0.1, 0.15) is 0 Å². The third-order valence-corrected chi connectivity index (χ3v) is 5.33. The second kappa shape index (κ2) is 14.3. The van der Waals surface area contributed by atoms with Crippen molar-refractivity contribution in [2.24, 2.45) is 0 Å². The summed E-state index contributed by atoms with van der Waals surface area (Å²) in [4.78, 5) is 23.6. The molecule has 2 aromatic carbocycles. The van der Waals surface area contributed by atoms with Crippen molar-refractivity contribution in [3.63, 3.8) is 0 Å². The van der Waals surface area contributed by atoms with E-state index >= 15 is 0 Å². The van der Waals surface area contributed by atoms with E-state index in [0.717, 1.165) is 36.9 Å². The van der Waals surface area contributed by atoms with E-state index in [1.165, 1.54) is 0 Å². The highest BCUT2D eigenvalue weighted by Crippen LogP contribution is 2.33. The molecule has 0 fully saturated rings. The van der Waals surface area contributed by atoms with Crippen molar-refractivity contribution >= 4 is 63.0 Å². The molecular formula is C22H26AlCl2N3O3. The Kier molecular flexibility index (Phi) is 11.8. The molecule has 0 aliphatic heterocycles. The van der Waals surface area contributed by atoms with Crippen molar-refractivity contribution in [2.75, 3.05) is 25.0 Å². The first-order chi connectivity index (χ1) is 15.0. The smallest absolute Gasteiger partial charge is 0.310 e. The van der Waals surface area contributed by atoms with Crippen molar-refractivity contribution in [1.29, 1.82) is 0 Å². The Labute approximate surface area is 201 Å². The van der Waals surface area contributed by atoms with E-state index in [4.69, 9.17) is 27.9 Å². The summed E-state index contributed by atoms with van der Waals surface area (Å²) < 4.78 is 8.10. The number of halogens is 2. The standard InChI is InChI=1S/C22H26Cl2N3O3.Al/c23-17-9-7-10-18(24)22(17)27-19-11-4-3-8-16(19)14-21(29)30-13-6-2-1-5-12-26-20(28)15-25;/h3-4,7-11,25,27H,1-2,5-6,12-15H2,(H,26,28);/q-1;+1. The van der Waals surface area contributed by atoms with E-state index < -0.39 is 0 Å². The summed E-state index contributed by atoms with van der Waals surface area (Å²) >= 11 is 14.8. The molecule has 9 heteroatoms. The summed E-state index contributed by atoms with van der Waals surface area (Å²) in [5, 5.41) is 7.06. The minimum Gasteiger partial charge on any atom is -0.465 e. The van der Waals surface area contributed by atoms with Gasteiger partial charge >= 0.3 is 5.97 Å². The van der Waals surface area contributed by atoms with Gasteiger partial charge in [-0.25, -0.2) is 0 Å². The summed E-state index contributed by atoms with van der Waals surface area (Å²) in [7, 11) is 0. The van der Waals surface area contributed by atoms with Crippen LogP contribution in [0.3, 0.4) is 0 Å². The molecule has 0 atom stereocenters. The lowest BCUT2D eigenvalue weighted by atomic mass is 10.1. The van der Waals surface area contributed by atoms with E-state index in [-0.39, 0.29) is 18.3 Å². The normalized spacial score (nSPS) is 10.5. The van der Waals surface area contributed by atoms with Crippen molar-refractivity contribution < 1.29 is 14.3 Å². The lowest BCUT2D eigenvalue weighted by molar-refractivity contribution is -0.143. The highest BCUT2D eigenvalue weighted by Gasteiger charge is 2.12. The third-order valence-electron chi connectivity index (χ3n) is 4.49. The molecule has 0 unspecified atom stereocenters. The zero-order valence-electron chi connectivity index (χ0n) is 17.3. The fourth-order valence-electron chi connectivity index (χ4n) is 2.90. The summed E-state index contributed by atoms with van der Waals surface area (Å²) in [6.07, 6.45) is 3.76. The number of carbonyl (C=O) groups is 2. The Balaban J connectivity index is 1.71. The first-order valence-electron chi connectivity index (χ1n) is 10.2.